The maximum absolute atomic E-state index is 11.7. The van der Waals surface area contributed by atoms with Crippen LogP contribution in [0.3, 0.4) is 0 Å². The molecule has 1 atom stereocenters. The molecule has 1 aromatic carbocycles. The molecule has 0 bridgehead atoms. The lowest BCUT2D eigenvalue weighted by molar-refractivity contribution is -0.191. The van der Waals surface area contributed by atoms with Crippen molar-refractivity contribution in [2.24, 2.45) is 0 Å². The summed E-state index contributed by atoms with van der Waals surface area (Å²) in [5.41, 5.74) is 2.03. The normalized spacial score (nSPS) is 13.3. The van der Waals surface area contributed by atoms with E-state index >= 15 is 0 Å². The van der Waals surface area contributed by atoms with Crippen molar-refractivity contribution in [1.29, 1.82) is 0 Å². The summed E-state index contributed by atoms with van der Waals surface area (Å²) in [4.78, 5) is 4.14. The molecule has 0 spiro atoms. The minimum Gasteiger partial charge on any atom is -0.491 e. The summed E-state index contributed by atoms with van der Waals surface area (Å²) in [6, 6.07) is 6.98. The van der Waals surface area contributed by atoms with E-state index in [0.717, 1.165) is 4.47 Å². The Bertz CT molecular complexity index is 390. The van der Waals surface area contributed by atoms with Crippen LogP contribution in [0.5, 0.6) is 5.75 Å². The summed E-state index contributed by atoms with van der Waals surface area (Å²) >= 11 is 3.26. The zero-order valence-electron chi connectivity index (χ0n) is 9.78. The smallest absolute Gasteiger partial charge is 0.413 e. The van der Waals surface area contributed by atoms with Crippen molar-refractivity contribution in [3.63, 3.8) is 0 Å². The van der Waals surface area contributed by atoms with Crippen molar-refractivity contribution in [3.8, 4) is 5.75 Å². The van der Waals surface area contributed by atoms with E-state index < -0.39 is 18.9 Å². The van der Waals surface area contributed by atoms with Crippen LogP contribution in [0, 0.1) is 0 Å². The Balaban J connectivity index is 2.16. The van der Waals surface area contributed by atoms with Gasteiger partial charge in [0, 0.05) is 4.47 Å². The number of ether oxygens (including phenoxy) is 1. The molecule has 1 aromatic rings. The Labute approximate surface area is 116 Å². The van der Waals surface area contributed by atoms with Gasteiger partial charge in [-0.3, -0.25) is 4.84 Å². The van der Waals surface area contributed by atoms with E-state index in [-0.39, 0.29) is 13.2 Å². The fraction of sp³-hybridized carbons (Fsp3) is 0.455. The molecule has 0 saturated carbocycles. The number of nitrogens with one attached hydrogen (secondary N) is 1. The molecule has 0 heterocycles. The number of benzene rings is 1. The second-order valence-corrected chi connectivity index (χ2v) is 4.59. The van der Waals surface area contributed by atoms with Gasteiger partial charge in [-0.2, -0.15) is 18.7 Å². The number of halogens is 4. The summed E-state index contributed by atoms with van der Waals surface area (Å²) in [6.07, 6.45) is -5.38. The molecule has 0 radical (unpaired) electrons. The lowest BCUT2D eigenvalue weighted by Crippen LogP contribution is -2.34. The summed E-state index contributed by atoms with van der Waals surface area (Å²) in [5.74, 6) is 0.546. The molecule has 8 heteroatoms. The third-order valence-corrected chi connectivity index (χ3v) is 2.39. The molecule has 0 amide bonds. The first-order valence-electron chi connectivity index (χ1n) is 5.34. The molecule has 0 aliphatic rings. The van der Waals surface area contributed by atoms with Gasteiger partial charge < -0.3 is 9.84 Å². The van der Waals surface area contributed by atoms with Gasteiger partial charge in [0.05, 0.1) is 6.54 Å². The molecular formula is C11H13BrF3NO3. The Morgan fingerprint density at radius 3 is 2.74 bits per heavy atom. The topological polar surface area (TPSA) is 50.7 Å². The van der Waals surface area contributed by atoms with Crippen LogP contribution in [-0.2, 0) is 4.84 Å². The van der Waals surface area contributed by atoms with Crippen molar-refractivity contribution in [3.05, 3.63) is 28.7 Å². The molecule has 1 unspecified atom stereocenters. The van der Waals surface area contributed by atoms with Crippen LogP contribution >= 0.6 is 15.9 Å². The van der Waals surface area contributed by atoms with Crippen LogP contribution < -0.4 is 10.2 Å². The fourth-order valence-electron chi connectivity index (χ4n) is 1.10. The summed E-state index contributed by atoms with van der Waals surface area (Å²) in [5, 5.41) is 9.45. The van der Waals surface area contributed by atoms with E-state index in [4.69, 9.17) is 4.74 Å². The summed E-state index contributed by atoms with van der Waals surface area (Å²) in [7, 11) is 0. The highest BCUT2D eigenvalue weighted by Crippen LogP contribution is 2.17. The van der Waals surface area contributed by atoms with Gasteiger partial charge in [-0.15, -0.1) is 0 Å². The van der Waals surface area contributed by atoms with Crippen LogP contribution in [0.15, 0.2) is 28.7 Å². The molecule has 19 heavy (non-hydrogen) atoms. The van der Waals surface area contributed by atoms with E-state index in [1.807, 2.05) is 11.5 Å². The predicted octanol–water partition coefficient (Wildman–Crippen LogP) is 2.27. The maximum Gasteiger partial charge on any atom is 0.413 e. The first kappa shape index (κ1) is 16.2. The van der Waals surface area contributed by atoms with Crippen LogP contribution in [-0.4, -0.2) is 37.1 Å². The predicted molar refractivity (Wildman–Crippen MR) is 65.7 cm³/mol. The Hall–Kier alpha value is -0.830. The minimum atomic E-state index is -4.40. The maximum atomic E-state index is 11.7. The van der Waals surface area contributed by atoms with E-state index in [1.54, 1.807) is 18.2 Å². The second-order valence-electron chi connectivity index (χ2n) is 3.67. The SMILES string of the molecule is OC(CNOCC(F)(F)F)COc1cccc(Br)c1. The van der Waals surface area contributed by atoms with Gasteiger partial charge in [0.1, 0.15) is 18.5 Å². The van der Waals surface area contributed by atoms with Crippen LogP contribution in [0.4, 0.5) is 13.2 Å². The average molecular weight is 344 g/mol. The number of hydrogen-bond acceptors (Lipinski definition) is 4. The number of hydroxylamine groups is 1. The van der Waals surface area contributed by atoms with Gasteiger partial charge in [0.25, 0.3) is 0 Å². The third-order valence-electron chi connectivity index (χ3n) is 1.90. The van der Waals surface area contributed by atoms with Crippen molar-refractivity contribution in [1.82, 2.24) is 5.48 Å². The zero-order valence-corrected chi connectivity index (χ0v) is 11.4. The van der Waals surface area contributed by atoms with E-state index in [1.165, 1.54) is 0 Å². The second kappa shape index (κ2) is 7.68. The largest absolute Gasteiger partial charge is 0.491 e. The summed E-state index contributed by atoms with van der Waals surface area (Å²) < 4.78 is 41.3. The molecule has 0 aliphatic heterocycles. The van der Waals surface area contributed by atoms with Crippen molar-refractivity contribution < 1.29 is 27.9 Å². The van der Waals surface area contributed by atoms with Gasteiger partial charge in [-0.05, 0) is 18.2 Å². The van der Waals surface area contributed by atoms with Gasteiger partial charge in [0.2, 0.25) is 0 Å². The van der Waals surface area contributed by atoms with Crippen LogP contribution in [0.25, 0.3) is 0 Å². The first-order chi connectivity index (χ1) is 8.87. The molecule has 0 fully saturated rings. The van der Waals surface area contributed by atoms with Gasteiger partial charge in [-0.1, -0.05) is 22.0 Å². The molecule has 0 aromatic heterocycles. The highest BCUT2D eigenvalue weighted by atomic mass is 79.9. The van der Waals surface area contributed by atoms with Gasteiger partial charge in [-0.25, -0.2) is 0 Å². The number of hydrogen-bond donors (Lipinski definition) is 2. The molecule has 0 aliphatic carbocycles. The highest BCUT2D eigenvalue weighted by Gasteiger charge is 2.27. The lowest BCUT2D eigenvalue weighted by Gasteiger charge is -2.14. The quantitative estimate of drug-likeness (QED) is 0.589. The van der Waals surface area contributed by atoms with Crippen molar-refractivity contribution in [2.75, 3.05) is 19.8 Å². The van der Waals surface area contributed by atoms with Crippen molar-refractivity contribution >= 4 is 15.9 Å². The molecule has 2 N–H and O–H groups in total. The number of alkyl halides is 3. The molecular weight excluding hydrogens is 331 g/mol. The Kier molecular flexibility index (Phi) is 6.56. The molecule has 1 rings (SSSR count). The van der Waals surface area contributed by atoms with E-state index in [9.17, 15) is 18.3 Å². The number of aliphatic hydroxyl groups excluding tert-OH is 1. The molecule has 4 nitrogen and oxygen atoms in total. The van der Waals surface area contributed by atoms with Crippen LogP contribution in [0.1, 0.15) is 0 Å². The fourth-order valence-corrected chi connectivity index (χ4v) is 1.47. The molecule has 0 saturated heterocycles. The van der Waals surface area contributed by atoms with Gasteiger partial charge in [0.15, 0.2) is 6.61 Å². The van der Waals surface area contributed by atoms with Crippen molar-refractivity contribution in [2.45, 2.75) is 12.3 Å². The number of rotatable bonds is 7. The van der Waals surface area contributed by atoms with E-state index in [0.29, 0.717) is 5.75 Å². The first-order valence-corrected chi connectivity index (χ1v) is 6.14. The minimum absolute atomic E-state index is 0.0567. The average Bonchev–Trinajstić information content (AvgIpc) is 2.31. The number of aliphatic hydroxyl groups is 1. The zero-order chi connectivity index (χ0) is 14.3. The monoisotopic (exact) mass is 343 g/mol. The summed E-state index contributed by atoms with van der Waals surface area (Å²) in [6.45, 7) is -1.63. The third kappa shape index (κ3) is 8.04. The molecule has 108 valence electrons. The Morgan fingerprint density at radius 1 is 1.37 bits per heavy atom. The lowest BCUT2D eigenvalue weighted by atomic mass is 10.3. The van der Waals surface area contributed by atoms with E-state index in [2.05, 4.69) is 20.8 Å². The standard InChI is InChI=1S/C11H13BrF3NO3/c12-8-2-1-3-10(4-8)18-6-9(17)5-16-19-7-11(13,14)15/h1-4,9,16-17H,5-7H2. The Morgan fingerprint density at radius 2 is 2.11 bits per heavy atom. The highest BCUT2D eigenvalue weighted by molar-refractivity contribution is 9.10. The van der Waals surface area contributed by atoms with Gasteiger partial charge >= 0.3 is 6.18 Å². The van der Waals surface area contributed by atoms with Crippen LogP contribution in [0.2, 0.25) is 0 Å².